The van der Waals surface area contributed by atoms with Crippen LogP contribution in [0.25, 0.3) is 17.6 Å². The highest BCUT2D eigenvalue weighted by Gasteiger charge is 2.84. The van der Waals surface area contributed by atoms with Crippen molar-refractivity contribution in [3.8, 4) is 17.2 Å². The van der Waals surface area contributed by atoms with Crippen molar-refractivity contribution in [1.29, 1.82) is 0 Å². The summed E-state index contributed by atoms with van der Waals surface area (Å²) >= 11 is 6.18. The molecule has 61 heavy (non-hydrogen) atoms. The van der Waals surface area contributed by atoms with Crippen molar-refractivity contribution in [2.45, 2.75) is 110 Å². The van der Waals surface area contributed by atoms with Crippen LogP contribution in [0, 0.1) is 17.8 Å². The van der Waals surface area contributed by atoms with E-state index in [2.05, 4.69) is 26.0 Å². The van der Waals surface area contributed by atoms with E-state index in [0.717, 1.165) is 12.0 Å². The summed E-state index contributed by atoms with van der Waals surface area (Å²) in [4.78, 5) is 56.6. The first-order valence-electron chi connectivity index (χ1n) is 21.1. The minimum atomic E-state index is -1.67. The molecule has 2 aromatic carbocycles. The number of halogens is 1. The standard InChI is InChI=1S/C50H51ClO10/c1-25(2)13-12-20-48(8)21-19-31-40(59-48)30(17-16-26(3)4)43-37(42(31)57-34(52)24-51)44-38-35(36-39(53)28-14-10-11-15-29(28)41(36)58-44)32-23-33-47(6,7)61-49(45(32)54,50(33,38)60-43)22-18-27(5)46(55)56-9/h10-11,13-16,18-19,21,32-33,35H,12,17,20,22-24H2,1-9H3/b27-18-. The van der Waals surface area contributed by atoms with Crippen molar-refractivity contribution >= 4 is 52.7 Å². The van der Waals surface area contributed by atoms with Gasteiger partial charge in [0.1, 0.15) is 40.1 Å². The van der Waals surface area contributed by atoms with Crippen LogP contribution in [0.2, 0.25) is 0 Å². The van der Waals surface area contributed by atoms with Gasteiger partial charge in [0.25, 0.3) is 0 Å². The number of carbonyl (C=O) groups is 4. The van der Waals surface area contributed by atoms with Crippen molar-refractivity contribution < 1.29 is 47.6 Å². The van der Waals surface area contributed by atoms with Gasteiger partial charge in [-0.05, 0) is 93.2 Å². The van der Waals surface area contributed by atoms with Crippen molar-refractivity contribution in [3.63, 3.8) is 0 Å². The van der Waals surface area contributed by atoms with Gasteiger partial charge in [-0.1, -0.05) is 53.6 Å². The van der Waals surface area contributed by atoms with E-state index in [1.807, 2.05) is 65.0 Å². The number of rotatable bonds is 10. The van der Waals surface area contributed by atoms with Crippen molar-refractivity contribution in [3.05, 3.63) is 104 Å². The molecule has 0 radical (unpaired) electrons. The predicted octanol–water partition coefficient (Wildman–Crippen LogP) is 9.62. The van der Waals surface area contributed by atoms with Crippen LogP contribution in [0.4, 0.5) is 0 Å². The minimum Gasteiger partial charge on any atom is -0.482 e. The maximum absolute atomic E-state index is 15.7. The van der Waals surface area contributed by atoms with E-state index in [1.165, 1.54) is 12.7 Å². The lowest BCUT2D eigenvalue weighted by molar-refractivity contribution is -0.181. The molecule has 4 bridgehead atoms. The molecule has 1 spiro atoms. The number of hydrogen-bond donors (Lipinski definition) is 0. The molecule has 11 heteroatoms. The van der Waals surface area contributed by atoms with Crippen LogP contribution in [-0.4, -0.2) is 58.9 Å². The molecule has 0 amide bonds. The number of carbonyl (C=O) groups excluding carboxylic acids is 4. The molecule has 1 saturated heterocycles. The fourth-order valence-corrected chi connectivity index (χ4v) is 11.1. The molecule has 10 rings (SSSR count). The zero-order chi connectivity index (χ0) is 43.6. The van der Waals surface area contributed by atoms with Gasteiger partial charge in [0.2, 0.25) is 0 Å². The number of hydrogen-bond acceptors (Lipinski definition) is 10. The van der Waals surface area contributed by atoms with E-state index in [4.69, 9.17) is 40.0 Å². The summed E-state index contributed by atoms with van der Waals surface area (Å²) in [6.07, 6.45) is 12.0. The Labute approximate surface area is 361 Å². The molecule has 4 fully saturated rings. The van der Waals surface area contributed by atoms with Gasteiger partial charge < -0.3 is 28.4 Å². The Morgan fingerprint density at radius 1 is 0.934 bits per heavy atom. The molecule has 2 aromatic rings. The van der Waals surface area contributed by atoms with Gasteiger partial charge in [-0.3, -0.25) is 14.4 Å². The zero-order valence-corrected chi connectivity index (χ0v) is 36.9. The number of allylic oxidation sites excluding steroid dienone is 5. The van der Waals surface area contributed by atoms with Gasteiger partial charge in [-0.25, -0.2) is 4.79 Å². The Balaban J connectivity index is 1.39. The molecule has 4 aliphatic carbocycles. The quantitative estimate of drug-likeness (QED) is 0.0751. The van der Waals surface area contributed by atoms with Gasteiger partial charge >= 0.3 is 11.9 Å². The maximum Gasteiger partial charge on any atom is 0.333 e. The Morgan fingerprint density at radius 2 is 1.66 bits per heavy atom. The SMILES string of the molecule is COC(=O)/C(C)=C\CC12OC(C)(C)C3CC(C1=O)C1C4=C(OC5=C1C32Oc1c(CC=C(C)C)c2c(c(OC(=O)CCl)c15)C=CC(C)(CCC=C(C)C)O2)c1ccccc1C4=O. The first-order chi connectivity index (χ1) is 28.9. The smallest absolute Gasteiger partial charge is 0.333 e. The van der Waals surface area contributed by atoms with E-state index < -0.39 is 58.0 Å². The Morgan fingerprint density at radius 3 is 2.34 bits per heavy atom. The molecule has 4 aliphatic heterocycles. The molecule has 0 aromatic heterocycles. The van der Waals surface area contributed by atoms with E-state index >= 15 is 4.79 Å². The third kappa shape index (κ3) is 5.77. The lowest BCUT2D eigenvalue weighted by Gasteiger charge is -2.62. The van der Waals surface area contributed by atoms with E-state index in [1.54, 1.807) is 19.1 Å². The van der Waals surface area contributed by atoms with Crippen LogP contribution in [0.5, 0.6) is 17.2 Å². The van der Waals surface area contributed by atoms with Crippen LogP contribution in [0.3, 0.4) is 0 Å². The molecule has 6 atom stereocenters. The number of fused-ring (bicyclic) bond motifs is 5. The van der Waals surface area contributed by atoms with Crippen LogP contribution < -0.4 is 14.2 Å². The van der Waals surface area contributed by atoms with Gasteiger partial charge in [-0.2, -0.15) is 0 Å². The average molecular weight is 847 g/mol. The second kappa shape index (κ2) is 14.2. The Hall–Kier alpha value is -5.19. The van der Waals surface area contributed by atoms with Crippen LogP contribution >= 0.6 is 11.6 Å². The van der Waals surface area contributed by atoms with Gasteiger partial charge in [0.05, 0.1) is 23.8 Å². The highest BCUT2D eigenvalue weighted by molar-refractivity contribution is 6.26. The lowest BCUT2D eigenvalue weighted by atomic mass is 9.45. The van der Waals surface area contributed by atoms with Crippen LogP contribution in [0.15, 0.2) is 76.4 Å². The van der Waals surface area contributed by atoms with Crippen molar-refractivity contribution in [1.82, 2.24) is 0 Å². The fourth-order valence-electron chi connectivity index (χ4n) is 11.1. The second-order valence-corrected chi connectivity index (χ2v) is 18.8. The summed E-state index contributed by atoms with van der Waals surface area (Å²) in [6, 6.07) is 7.30. The van der Waals surface area contributed by atoms with Crippen molar-refractivity contribution in [2.24, 2.45) is 17.8 Å². The third-order valence-electron chi connectivity index (χ3n) is 13.7. The molecular weight excluding hydrogens is 796 g/mol. The molecular formula is C50H51ClO10. The lowest BCUT2D eigenvalue weighted by Crippen LogP contribution is -2.75. The highest BCUT2D eigenvalue weighted by Crippen LogP contribution is 2.75. The molecule has 4 heterocycles. The summed E-state index contributed by atoms with van der Waals surface area (Å²) in [7, 11) is 1.31. The summed E-state index contributed by atoms with van der Waals surface area (Å²) < 4.78 is 40.6. The van der Waals surface area contributed by atoms with E-state index in [-0.39, 0.29) is 23.7 Å². The number of ether oxygens (including phenoxy) is 6. The number of benzene rings is 2. The summed E-state index contributed by atoms with van der Waals surface area (Å²) in [6.45, 7) is 15.8. The predicted molar refractivity (Wildman–Crippen MR) is 230 cm³/mol. The molecule has 3 saturated carbocycles. The van der Waals surface area contributed by atoms with Gasteiger partial charge in [0.15, 0.2) is 28.5 Å². The Kier molecular flexibility index (Phi) is 9.57. The maximum atomic E-state index is 15.7. The monoisotopic (exact) mass is 846 g/mol. The Bertz CT molecular complexity index is 2560. The van der Waals surface area contributed by atoms with E-state index in [0.29, 0.717) is 86.8 Å². The number of methoxy groups -OCH3 is 1. The normalized spacial score (nSPS) is 29.0. The van der Waals surface area contributed by atoms with E-state index in [9.17, 15) is 14.4 Å². The topological polar surface area (TPSA) is 124 Å². The number of ketones is 2. The van der Waals surface area contributed by atoms with Gasteiger partial charge in [0, 0.05) is 52.0 Å². The average Bonchev–Trinajstić information content (AvgIpc) is 3.58. The van der Waals surface area contributed by atoms with Gasteiger partial charge in [-0.15, -0.1) is 11.6 Å². The largest absolute Gasteiger partial charge is 0.482 e. The number of Topliss-reactive ketones (excluding diaryl/α,β-unsaturated/α-hetero) is 2. The third-order valence-corrected chi connectivity index (χ3v) is 13.9. The molecule has 10 nitrogen and oxygen atoms in total. The summed E-state index contributed by atoms with van der Waals surface area (Å²) in [5.74, 6) is -2.29. The summed E-state index contributed by atoms with van der Waals surface area (Å²) in [5.41, 5.74) is 1.33. The first-order valence-corrected chi connectivity index (χ1v) is 21.6. The fraction of sp³-hybridized carbons (Fsp3) is 0.440. The molecule has 0 N–H and O–H groups in total. The molecule has 8 aliphatic rings. The summed E-state index contributed by atoms with van der Waals surface area (Å²) in [5, 5.41) is 0. The van der Waals surface area contributed by atoms with Crippen LogP contribution in [0.1, 0.15) is 114 Å². The number of alkyl halides is 1. The van der Waals surface area contributed by atoms with Crippen LogP contribution in [-0.2, 0) is 35.0 Å². The van der Waals surface area contributed by atoms with Crippen molar-refractivity contribution in [2.75, 3.05) is 13.0 Å². The zero-order valence-electron chi connectivity index (χ0n) is 36.1. The number of esters is 2. The highest BCUT2D eigenvalue weighted by atomic mass is 35.5. The first kappa shape index (κ1) is 41.2. The second-order valence-electron chi connectivity index (χ2n) is 18.6. The minimum absolute atomic E-state index is 0.0217. The molecule has 6 unspecified atom stereocenters. The molecule has 318 valence electrons.